The minimum Gasteiger partial charge on any atom is -0.439 e. The number of ether oxygens (including phenoxy) is 1. The Bertz CT molecular complexity index is 757. The predicted octanol–water partition coefficient (Wildman–Crippen LogP) is 2.50. The number of fused-ring (bicyclic) bond motifs is 1. The highest BCUT2D eigenvalue weighted by atomic mass is 19.2. The minimum absolute atomic E-state index is 0.168. The van der Waals surface area contributed by atoms with Crippen LogP contribution in [0.1, 0.15) is 5.69 Å². The molecule has 7 heteroatoms. The van der Waals surface area contributed by atoms with Gasteiger partial charge in [-0.05, 0) is 19.1 Å². The summed E-state index contributed by atoms with van der Waals surface area (Å²) in [6.07, 6.45) is 1.33. The Morgan fingerprint density at radius 2 is 2.00 bits per heavy atom. The Morgan fingerprint density at radius 3 is 2.79 bits per heavy atom. The van der Waals surface area contributed by atoms with Crippen LogP contribution in [0.2, 0.25) is 0 Å². The molecule has 3 rings (SSSR count). The van der Waals surface area contributed by atoms with Gasteiger partial charge in [-0.3, -0.25) is 0 Å². The van der Waals surface area contributed by atoms with Crippen molar-refractivity contribution in [3.05, 3.63) is 47.9 Å². The molecule has 0 saturated heterocycles. The molecule has 0 radical (unpaired) electrons. The summed E-state index contributed by atoms with van der Waals surface area (Å²) in [7, 11) is 0. The summed E-state index contributed by atoms with van der Waals surface area (Å²) in [5.74, 6) is -1.04. The summed E-state index contributed by atoms with van der Waals surface area (Å²) in [4.78, 5) is 8.09. The molecule has 0 atom stereocenters. The molecule has 96 valence electrons. The van der Waals surface area contributed by atoms with Gasteiger partial charge < -0.3 is 4.74 Å². The van der Waals surface area contributed by atoms with E-state index in [1.807, 2.05) is 0 Å². The first-order valence-electron chi connectivity index (χ1n) is 5.44. The second-order valence-electron chi connectivity index (χ2n) is 3.89. The van der Waals surface area contributed by atoms with Gasteiger partial charge in [0.1, 0.15) is 12.1 Å². The van der Waals surface area contributed by atoms with E-state index in [4.69, 9.17) is 4.74 Å². The molecule has 0 aliphatic carbocycles. The Hall–Kier alpha value is -2.57. The molecule has 0 amide bonds. The van der Waals surface area contributed by atoms with Gasteiger partial charge in [0, 0.05) is 17.8 Å². The number of rotatable bonds is 2. The smallest absolute Gasteiger partial charge is 0.255 e. The maximum Gasteiger partial charge on any atom is 0.255 e. The van der Waals surface area contributed by atoms with E-state index >= 15 is 0 Å². The number of aryl methyl sites for hydroxylation is 1. The largest absolute Gasteiger partial charge is 0.439 e. The van der Waals surface area contributed by atoms with Crippen molar-refractivity contribution in [2.75, 3.05) is 0 Å². The van der Waals surface area contributed by atoms with Crippen LogP contribution in [-0.4, -0.2) is 19.6 Å². The molecule has 0 bridgehead atoms. The molecule has 2 heterocycles. The molecule has 0 unspecified atom stereocenters. The summed E-state index contributed by atoms with van der Waals surface area (Å²) in [6.45, 7) is 1.77. The second kappa shape index (κ2) is 4.27. The topological polar surface area (TPSA) is 52.3 Å². The lowest BCUT2D eigenvalue weighted by atomic mass is 10.3. The van der Waals surface area contributed by atoms with Gasteiger partial charge in [0.05, 0.1) is 0 Å². The molecule has 2 aromatic heterocycles. The fourth-order valence-electron chi connectivity index (χ4n) is 1.63. The molecule has 0 N–H and O–H groups in total. The normalized spacial score (nSPS) is 10.9. The first-order chi connectivity index (χ1) is 9.13. The highest BCUT2D eigenvalue weighted by Gasteiger charge is 2.09. The number of aromatic nitrogens is 4. The summed E-state index contributed by atoms with van der Waals surface area (Å²) in [5.41, 5.74) is 0.679. The van der Waals surface area contributed by atoms with Gasteiger partial charge in [0.2, 0.25) is 5.88 Å². The van der Waals surface area contributed by atoms with Crippen LogP contribution < -0.4 is 4.74 Å². The third-order valence-electron chi connectivity index (χ3n) is 2.46. The quantitative estimate of drug-likeness (QED) is 0.712. The summed E-state index contributed by atoms with van der Waals surface area (Å²) in [5, 5.41) is 3.95. The maximum absolute atomic E-state index is 13.1. The van der Waals surface area contributed by atoms with Gasteiger partial charge in [-0.1, -0.05) is 0 Å². The molecular formula is C12H8F2N4O. The molecule has 3 aromatic rings. The third kappa shape index (κ3) is 2.10. The molecule has 19 heavy (non-hydrogen) atoms. The molecule has 0 aliphatic heterocycles. The zero-order valence-corrected chi connectivity index (χ0v) is 9.84. The average molecular weight is 262 g/mol. The van der Waals surface area contributed by atoms with Gasteiger partial charge in [-0.15, -0.1) is 0 Å². The van der Waals surface area contributed by atoms with Crippen molar-refractivity contribution >= 4 is 5.78 Å². The van der Waals surface area contributed by atoms with Crippen molar-refractivity contribution in [2.45, 2.75) is 6.92 Å². The van der Waals surface area contributed by atoms with E-state index in [1.54, 1.807) is 13.0 Å². The van der Waals surface area contributed by atoms with Crippen molar-refractivity contribution < 1.29 is 13.5 Å². The predicted molar refractivity (Wildman–Crippen MR) is 62.0 cm³/mol. The first kappa shape index (κ1) is 11.5. The van der Waals surface area contributed by atoms with Crippen molar-refractivity contribution in [1.82, 2.24) is 19.6 Å². The van der Waals surface area contributed by atoms with Crippen molar-refractivity contribution in [3.8, 4) is 11.6 Å². The van der Waals surface area contributed by atoms with Crippen molar-refractivity contribution in [1.29, 1.82) is 0 Å². The highest BCUT2D eigenvalue weighted by Crippen LogP contribution is 2.23. The molecule has 0 saturated carbocycles. The fraction of sp³-hybridized carbons (Fsp3) is 0.0833. The van der Waals surface area contributed by atoms with E-state index in [0.717, 1.165) is 12.1 Å². The average Bonchev–Trinajstić information content (AvgIpc) is 2.82. The van der Waals surface area contributed by atoms with E-state index in [2.05, 4.69) is 15.1 Å². The highest BCUT2D eigenvalue weighted by molar-refractivity contribution is 5.35. The molecule has 0 spiro atoms. The second-order valence-corrected chi connectivity index (χ2v) is 3.89. The maximum atomic E-state index is 13.1. The van der Waals surface area contributed by atoms with Crippen LogP contribution in [0.3, 0.4) is 0 Å². The van der Waals surface area contributed by atoms with E-state index < -0.39 is 11.6 Å². The van der Waals surface area contributed by atoms with E-state index in [9.17, 15) is 8.78 Å². The van der Waals surface area contributed by atoms with Crippen LogP contribution in [0.4, 0.5) is 8.78 Å². The lowest BCUT2D eigenvalue weighted by Gasteiger charge is -2.07. The van der Waals surface area contributed by atoms with Crippen LogP contribution in [0, 0.1) is 18.6 Å². The number of benzene rings is 1. The van der Waals surface area contributed by atoms with Crippen molar-refractivity contribution in [3.63, 3.8) is 0 Å². The minimum atomic E-state index is -0.974. The Morgan fingerprint density at radius 1 is 1.16 bits per heavy atom. The lowest BCUT2D eigenvalue weighted by molar-refractivity contribution is 0.434. The van der Waals surface area contributed by atoms with Crippen LogP contribution in [0.15, 0.2) is 30.6 Å². The molecule has 1 aromatic carbocycles. The van der Waals surface area contributed by atoms with Gasteiger partial charge in [0.15, 0.2) is 11.6 Å². The van der Waals surface area contributed by atoms with Gasteiger partial charge in [0.25, 0.3) is 5.78 Å². The van der Waals surface area contributed by atoms with Crippen LogP contribution in [-0.2, 0) is 0 Å². The Balaban J connectivity index is 2.04. The standard InChI is InChI=1S/C12H8F2N4O/c1-7-4-11(18-12(17-7)15-6-16-18)19-8-2-3-9(13)10(14)5-8/h2-6H,1H3. The summed E-state index contributed by atoms with van der Waals surface area (Å²) in [6, 6.07) is 4.92. The summed E-state index contributed by atoms with van der Waals surface area (Å²) < 4.78 is 32.8. The lowest BCUT2D eigenvalue weighted by Crippen LogP contribution is -1.99. The zero-order valence-electron chi connectivity index (χ0n) is 9.84. The summed E-state index contributed by atoms with van der Waals surface area (Å²) >= 11 is 0. The van der Waals surface area contributed by atoms with Crippen LogP contribution >= 0.6 is 0 Å². The number of halogens is 2. The Kier molecular flexibility index (Phi) is 2.59. The molecule has 0 aliphatic rings. The number of nitrogens with zero attached hydrogens (tertiary/aromatic N) is 4. The first-order valence-corrected chi connectivity index (χ1v) is 5.44. The van der Waals surface area contributed by atoms with E-state index in [0.29, 0.717) is 17.4 Å². The SMILES string of the molecule is Cc1cc(Oc2ccc(F)c(F)c2)n2ncnc2n1. The van der Waals surface area contributed by atoms with Crippen LogP contribution in [0.25, 0.3) is 5.78 Å². The number of hydrogen-bond donors (Lipinski definition) is 0. The monoisotopic (exact) mass is 262 g/mol. The van der Waals surface area contributed by atoms with Crippen molar-refractivity contribution in [2.24, 2.45) is 0 Å². The third-order valence-corrected chi connectivity index (χ3v) is 2.46. The molecular weight excluding hydrogens is 254 g/mol. The van der Waals surface area contributed by atoms with Gasteiger partial charge in [-0.25, -0.2) is 13.8 Å². The number of hydrogen-bond acceptors (Lipinski definition) is 4. The van der Waals surface area contributed by atoms with E-state index in [1.165, 1.54) is 16.9 Å². The van der Waals surface area contributed by atoms with Crippen LogP contribution in [0.5, 0.6) is 11.6 Å². The molecule has 0 fully saturated rings. The Labute approximate surface area is 106 Å². The van der Waals surface area contributed by atoms with Gasteiger partial charge >= 0.3 is 0 Å². The van der Waals surface area contributed by atoms with Gasteiger partial charge in [-0.2, -0.15) is 14.6 Å². The molecule has 5 nitrogen and oxygen atoms in total. The zero-order chi connectivity index (χ0) is 13.4. The van der Waals surface area contributed by atoms with E-state index in [-0.39, 0.29) is 5.75 Å². The fourth-order valence-corrected chi connectivity index (χ4v) is 1.63.